The lowest BCUT2D eigenvalue weighted by Gasteiger charge is -2.11. The molecule has 1 aromatic carbocycles. The van der Waals surface area contributed by atoms with E-state index in [1.54, 1.807) is 0 Å². The third-order valence-corrected chi connectivity index (χ3v) is 7.07. The van der Waals surface area contributed by atoms with Gasteiger partial charge < -0.3 is 5.32 Å². The predicted molar refractivity (Wildman–Crippen MR) is 120 cm³/mol. The van der Waals surface area contributed by atoms with E-state index in [4.69, 9.17) is 0 Å². The largest absolute Gasteiger partial charge is 0.416 e. The number of halogens is 6. The number of amides is 1. The van der Waals surface area contributed by atoms with Crippen molar-refractivity contribution in [2.45, 2.75) is 35.6 Å². The zero-order valence-corrected chi connectivity index (χ0v) is 20.7. The molecule has 8 nitrogen and oxygen atoms in total. The van der Waals surface area contributed by atoms with Gasteiger partial charge in [-0.05, 0) is 37.3 Å². The molecular weight excluding hydrogens is 552 g/mol. The van der Waals surface area contributed by atoms with Crippen molar-refractivity contribution in [3.05, 3.63) is 65.6 Å². The maximum absolute atomic E-state index is 13.0. The molecule has 37 heavy (non-hydrogen) atoms. The second kappa shape index (κ2) is 11.0. The number of rotatable bonds is 8. The summed E-state index contributed by atoms with van der Waals surface area (Å²) < 4.78 is 126. The first-order chi connectivity index (χ1) is 16.8. The lowest BCUT2D eigenvalue weighted by Crippen LogP contribution is -2.35. The van der Waals surface area contributed by atoms with Crippen molar-refractivity contribution in [2.24, 2.45) is 4.99 Å². The van der Waals surface area contributed by atoms with Crippen LogP contribution in [0.1, 0.15) is 18.2 Å². The maximum atomic E-state index is 13.0. The van der Waals surface area contributed by atoms with Crippen molar-refractivity contribution in [3.8, 4) is 0 Å². The molecule has 0 radical (unpaired) electrons. The minimum Gasteiger partial charge on any atom is -0.345 e. The van der Waals surface area contributed by atoms with Crippen molar-refractivity contribution in [3.63, 3.8) is 0 Å². The van der Waals surface area contributed by atoms with E-state index in [0.29, 0.717) is 25.3 Å². The van der Waals surface area contributed by atoms with Crippen LogP contribution in [-0.4, -0.2) is 51.6 Å². The van der Waals surface area contributed by atoms with Gasteiger partial charge in [0.15, 0.2) is 9.84 Å². The number of carbonyl (C=O) groups is 1. The predicted octanol–water partition coefficient (Wildman–Crippen LogP) is 3.50. The van der Waals surface area contributed by atoms with Crippen LogP contribution in [0.3, 0.4) is 0 Å². The number of alkyl halides is 6. The van der Waals surface area contributed by atoms with Gasteiger partial charge in [0, 0.05) is 24.2 Å². The summed E-state index contributed by atoms with van der Waals surface area (Å²) in [4.78, 5) is 18.5. The van der Waals surface area contributed by atoms with Crippen LogP contribution < -0.4 is 5.32 Å². The summed E-state index contributed by atoms with van der Waals surface area (Å²) in [5.74, 6) is -2.15. The van der Waals surface area contributed by atoms with Gasteiger partial charge in [0.2, 0.25) is 9.84 Å². The first kappa shape index (κ1) is 30.0. The van der Waals surface area contributed by atoms with Crippen molar-refractivity contribution in [2.75, 3.05) is 12.0 Å². The summed E-state index contributed by atoms with van der Waals surface area (Å²) in [6.07, 6.45) is -7.49. The Morgan fingerprint density at radius 2 is 1.65 bits per heavy atom. The third-order valence-electron chi connectivity index (χ3n) is 4.52. The molecule has 0 spiro atoms. The average molecular weight is 572 g/mol. The molecule has 0 bridgehead atoms. The maximum Gasteiger partial charge on any atom is 0.416 e. The van der Waals surface area contributed by atoms with Crippen LogP contribution in [0.4, 0.5) is 26.3 Å². The molecule has 0 atom stereocenters. The number of nitrogens with one attached hydrogen (secondary N) is 1. The Morgan fingerprint density at radius 1 is 1.03 bits per heavy atom. The van der Waals surface area contributed by atoms with E-state index in [1.807, 2.05) is 0 Å². The van der Waals surface area contributed by atoms with E-state index in [1.165, 1.54) is 0 Å². The second-order valence-corrected chi connectivity index (χ2v) is 11.7. The van der Waals surface area contributed by atoms with Gasteiger partial charge in [-0.2, -0.15) is 26.3 Å². The van der Waals surface area contributed by atoms with Crippen LogP contribution in [0.5, 0.6) is 0 Å². The van der Waals surface area contributed by atoms with Crippen LogP contribution in [0.15, 0.2) is 69.2 Å². The summed E-state index contributed by atoms with van der Waals surface area (Å²) in [6.45, 7) is 0.162. The van der Waals surface area contributed by atoms with E-state index in [-0.39, 0.29) is 5.69 Å². The number of pyridine rings is 1. The summed E-state index contributed by atoms with van der Waals surface area (Å²) >= 11 is 0. The van der Waals surface area contributed by atoms with Gasteiger partial charge in [-0.3, -0.25) is 14.8 Å². The van der Waals surface area contributed by atoms with Crippen LogP contribution in [0.25, 0.3) is 0 Å². The molecule has 0 saturated carbocycles. The second-order valence-electron chi connectivity index (χ2n) is 7.65. The molecule has 0 fully saturated rings. The molecule has 1 amide bonds. The van der Waals surface area contributed by atoms with Gasteiger partial charge in [-0.1, -0.05) is 6.07 Å². The number of aliphatic imine (C=N–C) groups is 1. The number of aromatic nitrogens is 1. The minimum atomic E-state index is -4.78. The first-order valence-electron chi connectivity index (χ1n) is 9.94. The Bertz CT molecular complexity index is 1450. The molecule has 0 aliphatic carbocycles. The van der Waals surface area contributed by atoms with Gasteiger partial charge in [0.25, 0.3) is 5.91 Å². The standard InChI is InChI=1S/C21H19F6N3O5S2/c1-13(20(22,23)24)10-29-18(12-36(2,32)33)19(31)30-11-15-9-17(6-7-28-15)37(34,35)16-5-3-4-14(8-16)21(25,26)27/h3-10H,11-12H2,1-2H3,(H,30,31)/b13-10+,29-18?. The van der Waals surface area contributed by atoms with Crippen molar-refractivity contribution in [1.82, 2.24) is 10.3 Å². The van der Waals surface area contributed by atoms with Gasteiger partial charge >= 0.3 is 12.4 Å². The lowest BCUT2D eigenvalue weighted by molar-refractivity contribution is -0.137. The molecule has 0 saturated heterocycles. The monoisotopic (exact) mass is 571 g/mol. The summed E-state index contributed by atoms with van der Waals surface area (Å²) in [5, 5.41) is 2.18. The van der Waals surface area contributed by atoms with E-state index >= 15 is 0 Å². The molecule has 2 rings (SSSR count). The van der Waals surface area contributed by atoms with Crippen LogP contribution in [0.2, 0.25) is 0 Å². The molecule has 0 aliphatic heterocycles. The molecule has 2 aromatic rings. The topological polar surface area (TPSA) is 123 Å². The number of hydrogen-bond donors (Lipinski definition) is 1. The Hall–Kier alpha value is -3.27. The van der Waals surface area contributed by atoms with Crippen molar-refractivity contribution >= 4 is 31.3 Å². The van der Waals surface area contributed by atoms with E-state index in [2.05, 4.69) is 15.3 Å². The van der Waals surface area contributed by atoms with Crippen LogP contribution in [-0.2, 0) is 37.2 Å². The minimum absolute atomic E-state index is 0.0953. The number of benzene rings is 1. The lowest BCUT2D eigenvalue weighted by atomic mass is 10.2. The van der Waals surface area contributed by atoms with Crippen LogP contribution >= 0.6 is 0 Å². The fraction of sp³-hybridized carbons (Fsp3) is 0.286. The highest BCUT2D eigenvalue weighted by Gasteiger charge is 2.32. The van der Waals surface area contributed by atoms with E-state index < -0.39 is 76.9 Å². The molecule has 16 heteroatoms. The number of hydrogen-bond acceptors (Lipinski definition) is 7. The summed E-state index contributed by atoms with van der Waals surface area (Å²) in [7, 11) is -8.31. The first-order valence-corrected chi connectivity index (χ1v) is 13.5. The fourth-order valence-corrected chi connectivity index (χ4v) is 4.67. The number of allylic oxidation sites excluding steroid dienone is 1. The van der Waals surface area contributed by atoms with Crippen LogP contribution in [0, 0.1) is 0 Å². The van der Waals surface area contributed by atoms with Crippen molar-refractivity contribution < 1.29 is 48.0 Å². The molecule has 202 valence electrons. The zero-order chi connectivity index (χ0) is 28.2. The Balaban J connectivity index is 2.30. The normalized spacial score (nSPS) is 13.9. The van der Waals surface area contributed by atoms with Gasteiger partial charge in [0.1, 0.15) is 5.71 Å². The SMILES string of the molecule is C/C(=C\N=C(CS(C)(=O)=O)C(=O)NCc1cc(S(=O)(=O)c2cccc(C(F)(F)F)c2)ccn1)C(F)(F)F. The Morgan fingerprint density at radius 3 is 2.22 bits per heavy atom. The quantitative estimate of drug-likeness (QED) is 0.382. The smallest absolute Gasteiger partial charge is 0.345 e. The Labute approximate surface area is 208 Å². The molecule has 0 aliphatic rings. The van der Waals surface area contributed by atoms with Gasteiger partial charge in [-0.15, -0.1) is 0 Å². The van der Waals surface area contributed by atoms with Gasteiger partial charge in [-0.25, -0.2) is 16.8 Å². The Kier molecular flexibility index (Phi) is 8.91. The molecule has 1 N–H and O–H groups in total. The summed E-state index contributed by atoms with van der Waals surface area (Å²) in [5.41, 5.74) is -3.23. The van der Waals surface area contributed by atoms with Gasteiger partial charge in [0.05, 0.1) is 33.3 Å². The van der Waals surface area contributed by atoms with Crippen molar-refractivity contribution in [1.29, 1.82) is 0 Å². The summed E-state index contributed by atoms with van der Waals surface area (Å²) in [6, 6.07) is 5.04. The fourth-order valence-electron chi connectivity index (χ4n) is 2.63. The highest BCUT2D eigenvalue weighted by molar-refractivity contribution is 7.91. The number of carbonyl (C=O) groups excluding carboxylic acids is 1. The highest BCUT2D eigenvalue weighted by atomic mass is 32.2. The highest BCUT2D eigenvalue weighted by Crippen LogP contribution is 2.32. The third kappa shape index (κ3) is 8.66. The molecule has 1 aromatic heterocycles. The average Bonchev–Trinajstić information content (AvgIpc) is 2.78. The number of sulfone groups is 2. The van der Waals surface area contributed by atoms with E-state index in [9.17, 15) is 48.0 Å². The number of nitrogens with zero attached hydrogens (tertiary/aromatic N) is 2. The zero-order valence-electron chi connectivity index (χ0n) is 19.1. The molecule has 0 unspecified atom stereocenters. The van der Waals surface area contributed by atoms with E-state index in [0.717, 1.165) is 36.7 Å². The molecular formula is C21H19F6N3O5S2. The molecule has 1 heterocycles.